The van der Waals surface area contributed by atoms with Gasteiger partial charge in [0.2, 0.25) is 11.8 Å². The quantitative estimate of drug-likeness (QED) is 0.821. The van der Waals surface area contributed by atoms with E-state index in [2.05, 4.69) is 15.5 Å². The smallest absolute Gasteiger partial charge is 0.277 e. The van der Waals surface area contributed by atoms with Gasteiger partial charge in [-0.25, -0.2) is 8.78 Å². The third-order valence-electron chi connectivity index (χ3n) is 2.19. The van der Waals surface area contributed by atoms with E-state index in [1.54, 1.807) is 11.8 Å². The lowest BCUT2D eigenvalue weighted by Gasteiger charge is -2.04. The van der Waals surface area contributed by atoms with Crippen LogP contribution in [0.25, 0.3) is 0 Å². The first kappa shape index (κ1) is 15.8. The van der Waals surface area contributed by atoms with Crippen molar-refractivity contribution in [3.05, 3.63) is 35.7 Å². The van der Waals surface area contributed by atoms with Crippen LogP contribution in [-0.2, 0) is 10.5 Å². The molecule has 0 bridgehead atoms. The van der Waals surface area contributed by atoms with Gasteiger partial charge in [0.25, 0.3) is 5.22 Å². The fourth-order valence-electron chi connectivity index (χ4n) is 1.43. The Hall–Kier alpha value is -1.61. The third kappa shape index (κ3) is 5.01. The van der Waals surface area contributed by atoms with Crippen LogP contribution in [0.4, 0.5) is 14.5 Å². The van der Waals surface area contributed by atoms with Crippen molar-refractivity contribution in [1.29, 1.82) is 0 Å². The summed E-state index contributed by atoms with van der Waals surface area (Å²) in [6, 6.07) is 2.81. The SMILES string of the molecule is CSCc1nnc(SCC(=O)Nc2cc(F)cc(F)c2)o1. The van der Waals surface area contributed by atoms with Crippen molar-refractivity contribution >= 4 is 35.1 Å². The van der Waals surface area contributed by atoms with Crippen LogP contribution in [0, 0.1) is 11.6 Å². The molecule has 0 atom stereocenters. The van der Waals surface area contributed by atoms with Crippen LogP contribution in [0.15, 0.2) is 27.8 Å². The minimum absolute atomic E-state index is 0.000959. The lowest BCUT2D eigenvalue weighted by molar-refractivity contribution is -0.113. The van der Waals surface area contributed by atoms with Crippen molar-refractivity contribution in [2.75, 3.05) is 17.3 Å². The summed E-state index contributed by atoms with van der Waals surface area (Å²) in [5.74, 6) is -0.846. The minimum Gasteiger partial charge on any atom is -0.415 e. The van der Waals surface area contributed by atoms with Crippen molar-refractivity contribution in [3.63, 3.8) is 0 Å². The fraction of sp³-hybridized carbons (Fsp3) is 0.250. The van der Waals surface area contributed by atoms with E-state index < -0.39 is 17.5 Å². The van der Waals surface area contributed by atoms with Crippen LogP contribution < -0.4 is 5.32 Å². The van der Waals surface area contributed by atoms with Gasteiger partial charge in [-0.3, -0.25) is 4.79 Å². The molecule has 0 aliphatic rings. The normalized spacial score (nSPS) is 10.6. The second-order valence-electron chi connectivity index (χ2n) is 3.89. The maximum atomic E-state index is 13.0. The number of anilines is 1. The zero-order valence-electron chi connectivity index (χ0n) is 10.9. The minimum atomic E-state index is -0.753. The van der Waals surface area contributed by atoms with Gasteiger partial charge < -0.3 is 9.73 Å². The summed E-state index contributed by atoms with van der Waals surface area (Å²) < 4.78 is 31.2. The van der Waals surface area contributed by atoms with Crippen LogP contribution in [0.2, 0.25) is 0 Å². The lowest BCUT2D eigenvalue weighted by atomic mass is 10.3. The Balaban J connectivity index is 1.86. The van der Waals surface area contributed by atoms with Gasteiger partial charge in [0.05, 0.1) is 11.5 Å². The van der Waals surface area contributed by atoms with Crippen LogP contribution in [0.1, 0.15) is 5.89 Å². The zero-order chi connectivity index (χ0) is 15.2. The van der Waals surface area contributed by atoms with Gasteiger partial charge in [-0.15, -0.1) is 10.2 Å². The molecule has 5 nitrogen and oxygen atoms in total. The van der Waals surface area contributed by atoms with E-state index >= 15 is 0 Å². The third-order valence-corrected chi connectivity index (χ3v) is 3.54. The molecule has 0 aliphatic heterocycles. The maximum Gasteiger partial charge on any atom is 0.277 e. The van der Waals surface area contributed by atoms with Gasteiger partial charge in [-0.05, 0) is 18.4 Å². The molecule has 9 heteroatoms. The molecule has 2 aromatic rings. The highest BCUT2D eigenvalue weighted by atomic mass is 32.2. The first-order valence-electron chi connectivity index (χ1n) is 5.77. The van der Waals surface area contributed by atoms with E-state index in [0.717, 1.165) is 30.0 Å². The van der Waals surface area contributed by atoms with Gasteiger partial charge in [-0.1, -0.05) is 11.8 Å². The summed E-state index contributed by atoms with van der Waals surface area (Å²) in [6.07, 6.45) is 1.91. The number of hydrogen-bond donors (Lipinski definition) is 1. The molecule has 1 amide bonds. The summed E-state index contributed by atoms with van der Waals surface area (Å²) in [5.41, 5.74) is 0.0618. The van der Waals surface area contributed by atoms with Crippen molar-refractivity contribution in [2.24, 2.45) is 0 Å². The first-order chi connectivity index (χ1) is 10.1. The van der Waals surface area contributed by atoms with E-state index in [0.29, 0.717) is 11.6 Å². The molecule has 0 saturated carbocycles. The average Bonchev–Trinajstić information content (AvgIpc) is 2.83. The Kier molecular flexibility index (Phi) is 5.57. The number of aromatic nitrogens is 2. The molecule has 0 unspecified atom stereocenters. The number of carbonyl (C=O) groups is 1. The summed E-state index contributed by atoms with van der Waals surface area (Å²) in [4.78, 5) is 11.7. The topological polar surface area (TPSA) is 68.0 Å². The average molecular weight is 331 g/mol. The molecule has 1 N–H and O–H groups in total. The number of benzene rings is 1. The maximum absolute atomic E-state index is 13.0. The van der Waals surface area contributed by atoms with Gasteiger partial charge in [0, 0.05) is 11.8 Å². The Morgan fingerprint density at radius 1 is 1.29 bits per heavy atom. The molecule has 0 aliphatic carbocycles. The van der Waals surface area contributed by atoms with Crippen LogP contribution >= 0.6 is 23.5 Å². The number of rotatable bonds is 6. The molecular weight excluding hydrogens is 320 g/mol. The van der Waals surface area contributed by atoms with Crippen molar-refractivity contribution < 1.29 is 18.0 Å². The first-order valence-corrected chi connectivity index (χ1v) is 8.15. The highest BCUT2D eigenvalue weighted by Crippen LogP contribution is 2.19. The highest BCUT2D eigenvalue weighted by Gasteiger charge is 2.10. The molecule has 1 aromatic carbocycles. The van der Waals surface area contributed by atoms with Crippen molar-refractivity contribution in [1.82, 2.24) is 10.2 Å². The number of halogens is 2. The van der Waals surface area contributed by atoms with Gasteiger partial charge in [0.1, 0.15) is 11.6 Å². The molecule has 0 fully saturated rings. The molecule has 21 heavy (non-hydrogen) atoms. The van der Waals surface area contributed by atoms with Crippen molar-refractivity contribution in [3.8, 4) is 0 Å². The second kappa shape index (κ2) is 7.41. The molecule has 0 saturated heterocycles. The van der Waals surface area contributed by atoms with E-state index in [4.69, 9.17) is 4.42 Å². The van der Waals surface area contributed by atoms with Crippen LogP contribution in [-0.4, -0.2) is 28.1 Å². The molecule has 1 aromatic heterocycles. The Bertz CT molecular complexity index is 616. The van der Waals surface area contributed by atoms with Crippen LogP contribution in [0.5, 0.6) is 0 Å². The van der Waals surface area contributed by atoms with E-state index in [1.807, 2.05) is 6.26 Å². The molecule has 112 valence electrons. The Labute approximate surface area is 127 Å². The predicted molar refractivity (Wildman–Crippen MR) is 77.2 cm³/mol. The molecule has 0 radical (unpaired) electrons. The van der Waals surface area contributed by atoms with Gasteiger partial charge >= 0.3 is 0 Å². The van der Waals surface area contributed by atoms with Gasteiger partial charge in [0.15, 0.2) is 0 Å². The summed E-state index contributed by atoms with van der Waals surface area (Å²) in [6.45, 7) is 0. The van der Waals surface area contributed by atoms with E-state index in [9.17, 15) is 13.6 Å². The summed E-state index contributed by atoms with van der Waals surface area (Å²) in [5, 5.41) is 10.2. The van der Waals surface area contributed by atoms with Gasteiger partial charge in [-0.2, -0.15) is 11.8 Å². The number of nitrogens with zero attached hydrogens (tertiary/aromatic N) is 2. The largest absolute Gasteiger partial charge is 0.415 e. The monoisotopic (exact) mass is 331 g/mol. The summed E-state index contributed by atoms with van der Waals surface area (Å²) in [7, 11) is 0. The standard InChI is InChI=1S/C12H11F2N3O2S2/c1-20-6-11-16-17-12(19-11)21-5-10(18)15-9-3-7(13)2-8(14)4-9/h2-4H,5-6H2,1H3,(H,15,18). The molecule has 0 spiro atoms. The number of amides is 1. The number of thioether (sulfide) groups is 2. The fourth-order valence-corrected chi connectivity index (χ4v) is 2.37. The van der Waals surface area contributed by atoms with Crippen molar-refractivity contribution in [2.45, 2.75) is 11.0 Å². The zero-order valence-corrected chi connectivity index (χ0v) is 12.6. The highest BCUT2D eigenvalue weighted by molar-refractivity contribution is 7.99. The number of carbonyl (C=O) groups excluding carboxylic acids is 1. The van der Waals surface area contributed by atoms with Crippen LogP contribution in [0.3, 0.4) is 0 Å². The molecule has 2 rings (SSSR count). The number of hydrogen-bond acceptors (Lipinski definition) is 6. The predicted octanol–water partition coefficient (Wildman–Crippen LogP) is 2.94. The summed E-state index contributed by atoms with van der Waals surface area (Å²) >= 11 is 2.59. The van der Waals surface area contributed by atoms with E-state index in [-0.39, 0.29) is 16.7 Å². The lowest BCUT2D eigenvalue weighted by Crippen LogP contribution is -2.14. The Morgan fingerprint density at radius 3 is 2.67 bits per heavy atom. The second-order valence-corrected chi connectivity index (χ2v) is 5.68. The molecule has 1 heterocycles. The number of nitrogens with one attached hydrogen (secondary N) is 1. The van der Waals surface area contributed by atoms with E-state index in [1.165, 1.54) is 0 Å². The Morgan fingerprint density at radius 2 is 2.00 bits per heavy atom. The molecular formula is C12H11F2N3O2S2.